The van der Waals surface area contributed by atoms with Gasteiger partial charge in [0, 0.05) is 11.3 Å². The number of rotatable bonds is 1. The molecule has 0 radical (unpaired) electrons. The Hall–Kier alpha value is -2.35. The molecule has 1 heterocycles. The maximum absolute atomic E-state index is 12.1. The Labute approximate surface area is 99.6 Å². The maximum Gasteiger partial charge on any atom is 0.211 e. The van der Waals surface area contributed by atoms with E-state index in [0.717, 1.165) is 16.8 Å². The highest BCUT2D eigenvalue weighted by Crippen LogP contribution is 2.28. The van der Waals surface area contributed by atoms with Gasteiger partial charge in [-0.05, 0) is 23.8 Å². The van der Waals surface area contributed by atoms with E-state index >= 15 is 0 Å². The summed E-state index contributed by atoms with van der Waals surface area (Å²) in [5.74, 6) is 0.0597. The maximum atomic E-state index is 12.1. The quantitative estimate of drug-likeness (QED) is 0.748. The van der Waals surface area contributed by atoms with Crippen molar-refractivity contribution in [3.63, 3.8) is 0 Å². The number of benzene rings is 2. The highest BCUT2D eigenvalue weighted by atomic mass is 16.1. The molecule has 0 bridgehead atoms. The minimum Gasteiger partial charge on any atom is -0.352 e. The number of nitrogens with one attached hydrogen (secondary N) is 1. The second kappa shape index (κ2) is 3.91. The van der Waals surface area contributed by atoms with Gasteiger partial charge in [-0.3, -0.25) is 4.79 Å². The lowest BCUT2D eigenvalue weighted by Crippen LogP contribution is -1.99. The molecule has 1 aliphatic heterocycles. The molecule has 0 aliphatic carbocycles. The van der Waals surface area contributed by atoms with Crippen molar-refractivity contribution in [1.82, 2.24) is 0 Å². The van der Waals surface area contributed by atoms with E-state index in [1.807, 2.05) is 60.7 Å². The first-order valence-electron chi connectivity index (χ1n) is 5.52. The second-order valence-electron chi connectivity index (χ2n) is 3.97. The first-order valence-corrected chi connectivity index (χ1v) is 5.52. The van der Waals surface area contributed by atoms with Gasteiger partial charge < -0.3 is 5.32 Å². The summed E-state index contributed by atoms with van der Waals surface area (Å²) in [7, 11) is 0. The van der Waals surface area contributed by atoms with Crippen LogP contribution in [0.1, 0.15) is 15.9 Å². The summed E-state index contributed by atoms with van der Waals surface area (Å²) in [6.07, 6.45) is 1.88. The fourth-order valence-corrected chi connectivity index (χ4v) is 1.95. The molecule has 0 spiro atoms. The monoisotopic (exact) mass is 221 g/mol. The van der Waals surface area contributed by atoms with Gasteiger partial charge in [0.2, 0.25) is 5.78 Å². The number of hydrogen-bond donors (Lipinski definition) is 1. The first kappa shape index (κ1) is 9.85. The van der Waals surface area contributed by atoms with E-state index in [1.54, 1.807) is 0 Å². The Bertz CT molecular complexity index is 599. The van der Waals surface area contributed by atoms with Gasteiger partial charge in [-0.25, -0.2) is 0 Å². The SMILES string of the molecule is O=C1/C(=C\c2ccccc2)Nc2ccccc21. The fourth-order valence-electron chi connectivity index (χ4n) is 1.95. The van der Waals surface area contributed by atoms with Crippen LogP contribution in [0.25, 0.3) is 6.08 Å². The van der Waals surface area contributed by atoms with Gasteiger partial charge in [-0.1, -0.05) is 42.5 Å². The number of carbonyl (C=O) groups excluding carboxylic acids is 1. The van der Waals surface area contributed by atoms with Gasteiger partial charge in [0.15, 0.2) is 0 Å². The van der Waals surface area contributed by atoms with Crippen LogP contribution in [-0.4, -0.2) is 5.78 Å². The summed E-state index contributed by atoms with van der Waals surface area (Å²) in [6, 6.07) is 17.4. The number of hydrogen-bond acceptors (Lipinski definition) is 2. The minimum absolute atomic E-state index is 0.0597. The van der Waals surface area contributed by atoms with E-state index < -0.39 is 0 Å². The van der Waals surface area contributed by atoms with Crippen LogP contribution in [0.15, 0.2) is 60.3 Å². The molecule has 82 valence electrons. The average Bonchev–Trinajstić information content (AvgIpc) is 2.68. The van der Waals surface area contributed by atoms with Crippen molar-refractivity contribution in [2.75, 3.05) is 5.32 Å². The zero-order chi connectivity index (χ0) is 11.7. The molecule has 0 unspecified atom stereocenters. The first-order chi connectivity index (χ1) is 8.34. The zero-order valence-corrected chi connectivity index (χ0v) is 9.18. The molecular weight excluding hydrogens is 210 g/mol. The molecule has 2 heteroatoms. The summed E-state index contributed by atoms with van der Waals surface area (Å²) in [4.78, 5) is 12.1. The Morgan fingerprint density at radius 3 is 2.35 bits per heavy atom. The van der Waals surface area contributed by atoms with E-state index in [9.17, 15) is 4.79 Å². The van der Waals surface area contributed by atoms with Gasteiger partial charge in [0.25, 0.3) is 0 Å². The third-order valence-electron chi connectivity index (χ3n) is 2.80. The number of ketones is 1. The Kier molecular flexibility index (Phi) is 2.26. The van der Waals surface area contributed by atoms with Crippen molar-refractivity contribution in [2.24, 2.45) is 0 Å². The average molecular weight is 221 g/mol. The number of para-hydroxylation sites is 1. The third kappa shape index (κ3) is 1.74. The molecule has 0 saturated heterocycles. The van der Waals surface area contributed by atoms with Crippen LogP contribution in [0.2, 0.25) is 0 Å². The Morgan fingerprint density at radius 1 is 0.882 bits per heavy atom. The van der Waals surface area contributed by atoms with Crippen molar-refractivity contribution >= 4 is 17.5 Å². The van der Waals surface area contributed by atoms with Crippen LogP contribution < -0.4 is 5.32 Å². The molecular formula is C15H11NO. The van der Waals surface area contributed by atoms with E-state index in [2.05, 4.69) is 5.32 Å². The zero-order valence-electron chi connectivity index (χ0n) is 9.18. The fraction of sp³-hybridized carbons (Fsp3) is 0. The van der Waals surface area contributed by atoms with Crippen LogP contribution in [0.5, 0.6) is 0 Å². The Morgan fingerprint density at radius 2 is 1.59 bits per heavy atom. The molecule has 0 saturated carbocycles. The normalized spacial score (nSPS) is 15.8. The third-order valence-corrected chi connectivity index (χ3v) is 2.80. The number of allylic oxidation sites excluding steroid dienone is 1. The molecule has 2 nitrogen and oxygen atoms in total. The van der Waals surface area contributed by atoms with E-state index in [0.29, 0.717) is 5.70 Å². The van der Waals surface area contributed by atoms with Gasteiger partial charge in [0.05, 0.1) is 5.70 Å². The summed E-state index contributed by atoms with van der Waals surface area (Å²) in [5, 5.41) is 3.14. The standard InChI is InChI=1S/C15H11NO/c17-15-12-8-4-5-9-13(12)16-14(15)10-11-6-2-1-3-7-11/h1-10,16H/b14-10+. The molecule has 0 atom stereocenters. The van der Waals surface area contributed by atoms with Crippen LogP contribution in [0.3, 0.4) is 0 Å². The number of anilines is 1. The van der Waals surface area contributed by atoms with E-state index in [-0.39, 0.29) is 5.78 Å². The largest absolute Gasteiger partial charge is 0.352 e. The molecule has 2 aromatic carbocycles. The molecule has 0 amide bonds. The summed E-state index contributed by atoms with van der Waals surface area (Å²) < 4.78 is 0. The molecule has 1 aliphatic rings. The molecule has 0 fully saturated rings. The highest BCUT2D eigenvalue weighted by molar-refractivity contribution is 6.20. The van der Waals surface area contributed by atoms with Crippen LogP contribution in [-0.2, 0) is 0 Å². The molecule has 1 N–H and O–H groups in total. The van der Waals surface area contributed by atoms with Crippen LogP contribution >= 0.6 is 0 Å². The minimum atomic E-state index is 0.0597. The number of Topliss-reactive ketones (excluding diaryl/α,β-unsaturated/α-hetero) is 1. The topological polar surface area (TPSA) is 29.1 Å². The van der Waals surface area contributed by atoms with E-state index in [4.69, 9.17) is 0 Å². The predicted molar refractivity (Wildman–Crippen MR) is 68.8 cm³/mol. The smallest absolute Gasteiger partial charge is 0.211 e. The van der Waals surface area contributed by atoms with E-state index in [1.165, 1.54) is 0 Å². The number of carbonyl (C=O) groups is 1. The van der Waals surface area contributed by atoms with Crippen molar-refractivity contribution in [3.8, 4) is 0 Å². The molecule has 2 aromatic rings. The summed E-state index contributed by atoms with van der Waals surface area (Å²) >= 11 is 0. The van der Waals surface area contributed by atoms with Gasteiger partial charge in [-0.15, -0.1) is 0 Å². The van der Waals surface area contributed by atoms with Crippen molar-refractivity contribution in [3.05, 3.63) is 71.4 Å². The predicted octanol–water partition coefficient (Wildman–Crippen LogP) is 3.34. The molecule has 17 heavy (non-hydrogen) atoms. The molecule has 3 rings (SSSR count). The van der Waals surface area contributed by atoms with Gasteiger partial charge in [-0.2, -0.15) is 0 Å². The van der Waals surface area contributed by atoms with Crippen molar-refractivity contribution in [2.45, 2.75) is 0 Å². The van der Waals surface area contributed by atoms with Crippen LogP contribution in [0.4, 0.5) is 5.69 Å². The van der Waals surface area contributed by atoms with Crippen LogP contribution in [0, 0.1) is 0 Å². The van der Waals surface area contributed by atoms with Crippen molar-refractivity contribution in [1.29, 1.82) is 0 Å². The number of fused-ring (bicyclic) bond motifs is 1. The van der Waals surface area contributed by atoms with Crippen molar-refractivity contribution < 1.29 is 4.79 Å². The lowest BCUT2D eigenvalue weighted by molar-refractivity contribution is 0.104. The lowest BCUT2D eigenvalue weighted by atomic mass is 10.1. The van der Waals surface area contributed by atoms with Gasteiger partial charge in [0.1, 0.15) is 0 Å². The highest BCUT2D eigenvalue weighted by Gasteiger charge is 2.23. The lowest BCUT2D eigenvalue weighted by Gasteiger charge is -1.98. The second-order valence-corrected chi connectivity index (χ2v) is 3.97. The summed E-state index contributed by atoms with van der Waals surface area (Å²) in [5.41, 5.74) is 3.29. The Balaban J connectivity index is 2.00. The summed E-state index contributed by atoms with van der Waals surface area (Å²) in [6.45, 7) is 0. The molecule has 0 aromatic heterocycles. The van der Waals surface area contributed by atoms with Gasteiger partial charge >= 0.3 is 0 Å².